The quantitative estimate of drug-likeness (QED) is 0.431. The molecule has 3 heterocycles. The Morgan fingerprint density at radius 1 is 1.10 bits per heavy atom. The lowest BCUT2D eigenvalue weighted by Crippen LogP contribution is -2.40. The molecule has 0 unspecified atom stereocenters. The van der Waals surface area contributed by atoms with Gasteiger partial charge in [0.05, 0.1) is 26.8 Å². The molecule has 0 atom stereocenters. The molecule has 0 fully saturated rings. The van der Waals surface area contributed by atoms with Crippen LogP contribution in [0.15, 0.2) is 40.1 Å². The average Bonchev–Trinajstić information content (AvgIpc) is 3.25. The summed E-state index contributed by atoms with van der Waals surface area (Å²) in [6.07, 6.45) is 1.88. The van der Waals surface area contributed by atoms with E-state index in [1.807, 2.05) is 48.9 Å². The molecule has 0 saturated carbocycles. The third-order valence-electron chi connectivity index (χ3n) is 5.30. The van der Waals surface area contributed by atoms with Crippen LogP contribution in [-0.4, -0.2) is 43.4 Å². The van der Waals surface area contributed by atoms with Crippen LogP contribution in [0.4, 0.5) is 0 Å². The zero-order valence-electron chi connectivity index (χ0n) is 17.6. The van der Waals surface area contributed by atoms with Crippen molar-refractivity contribution < 1.29 is 9.47 Å². The summed E-state index contributed by atoms with van der Waals surface area (Å²) in [7, 11) is 3.27. The third kappa shape index (κ3) is 3.21. The van der Waals surface area contributed by atoms with Gasteiger partial charge in [0.1, 0.15) is 5.75 Å². The minimum atomic E-state index is -0.397. The summed E-state index contributed by atoms with van der Waals surface area (Å²) in [4.78, 5) is 30.5. The summed E-state index contributed by atoms with van der Waals surface area (Å²) in [5.74, 6) is 1.41. The van der Waals surface area contributed by atoms with Crippen LogP contribution in [-0.2, 0) is 24.9 Å². The number of imidazole rings is 2. The smallest absolute Gasteiger partial charge is 0.332 e. The highest BCUT2D eigenvalue weighted by atomic mass is 16.5. The molecule has 3 aromatic heterocycles. The first kappa shape index (κ1) is 20.0. The van der Waals surface area contributed by atoms with Gasteiger partial charge in [-0.3, -0.25) is 18.3 Å². The fourth-order valence-electron chi connectivity index (χ4n) is 3.66. The minimum Gasteiger partial charge on any atom is -0.497 e. The normalized spacial score (nSPS) is 11.6. The van der Waals surface area contributed by atoms with E-state index in [0.717, 1.165) is 17.0 Å². The molecule has 30 heavy (non-hydrogen) atoms. The first-order valence-corrected chi connectivity index (χ1v) is 9.84. The van der Waals surface area contributed by atoms with Crippen molar-refractivity contribution in [1.29, 1.82) is 0 Å². The van der Waals surface area contributed by atoms with Gasteiger partial charge in [0.15, 0.2) is 11.2 Å². The van der Waals surface area contributed by atoms with Crippen LogP contribution in [0.1, 0.15) is 18.2 Å². The van der Waals surface area contributed by atoms with Gasteiger partial charge in [0, 0.05) is 25.5 Å². The number of rotatable bonds is 7. The van der Waals surface area contributed by atoms with Gasteiger partial charge < -0.3 is 14.0 Å². The molecular formula is C21H25N5O4. The molecule has 0 N–H and O–H groups in total. The van der Waals surface area contributed by atoms with Crippen molar-refractivity contribution in [3.05, 3.63) is 62.6 Å². The van der Waals surface area contributed by atoms with Gasteiger partial charge in [-0.05, 0) is 31.5 Å². The summed E-state index contributed by atoms with van der Waals surface area (Å²) in [5, 5.41) is 0. The van der Waals surface area contributed by atoms with Crippen LogP contribution in [0.5, 0.6) is 5.75 Å². The molecular weight excluding hydrogens is 386 g/mol. The number of hydrogen-bond acceptors (Lipinski definition) is 5. The maximum Gasteiger partial charge on any atom is 0.332 e. The average molecular weight is 411 g/mol. The van der Waals surface area contributed by atoms with Gasteiger partial charge in [0.2, 0.25) is 5.78 Å². The van der Waals surface area contributed by atoms with Crippen molar-refractivity contribution in [2.24, 2.45) is 7.05 Å². The molecule has 1 aromatic carbocycles. The molecule has 0 saturated heterocycles. The lowest BCUT2D eigenvalue weighted by molar-refractivity contribution is 0.137. The predicted molar refractivity (Wildman–Crippen MR) is 114 cm³/mol. The van der Waals surface area contributed by atoms with Crippen LogP contribution in [0.3, 0.4) is 0 Å². The van der Waals surface area contributed by atoms with E-state index in [0.29, 0.717) is 36.7 Å². The van der Waals surface area contributed by atoms with Crippen molar-refractivity contribution in [1.82, 2.24) is 23.1 Å². The first-order valence-electron chi connectivity index (χ1n) is 9.84. The van der Waals surface area contributed by atoms with Crippen LogP contribution >= 0.6 is 0 Å². The van der Waals surface area contributed by atoms with Crippen molar-refractivity contribution in [2.75, 3.05) is 20.3 Å². The van der Waals surface area contributed by atoms with Crippen LogP contribution in [0, 0.1) is 6.92 Å². The number of aryl methyl sites for hydroxylation is 2. The van der Waals surface area contributed by atoms with Crippen molar-refractivity contribution in [3.8, 4) is 5.75 Å². The minimum absolute atomic E-state index is 0.202. The number of nitrogens with zero attached hydrogens (tertiary/aromatic N) is 5. The topological polar surface area (TPSA) is 84.7 Å². The van der Waals surface area contributed by atoms with Crippen molar-refractivity contribution in [2.45, 2.75) is 26.9 Å². The molecule has 0 aliphatic rings. The summed E-state index contributed by atoms with van der Waals surface area (Å²) >= 11 is 0. The number of aromatic nitrogens is 5. The second kappa shape index (κ2) is 7.83. The van der Waals surface area contributed by atoms with E-state index in [1.54, 1.807) is 18.6 Å². The Morgan fingerprint density at radius 3 is 2.50 bits per heavy atom. The molecule has 158 valence electrons. The lowest BCUT2D eigenvalue weighted by atomic mass is 10.2. The standard InChI is InChI=1S/C21H25N5O4/c1-5-30-11-10-24-19(27)17-18(23(3)21(24)28)22-20-25(14(2)12-26(17)20)13-15-6-8-16(29-4)9-7-15/h6-9,12H,5,10-11,13H2,1-4H3. The number of benzene rings is 1. The largest absolute Gasteiger partial charge is 0.497 e. The van der Waals surface area contributed by atoms with Crippen molar-refractivity contribution >= 4 is 16.9 Å². The highest BCUT2D eigenvalue weighted by molar-refractivity contribution is 5.75. The Hall–Kier alpha value is -3.33. The molecule has 9 nitrogen and oxygen atoms in total. The molecule has 0 bridgehead atoms. The molecule has 9 heteroatoms. The highest BCUT2D eigenvalue weighted by Gasteiger charge is 2.20. The summed E-state index contributed by atoms with van der Waals surface area (Å²) < 4.78 is 17.0. The Kier molecular flexibility index (Phi) is 5.21. The zero-order chi connectivity index (χ0) is 21.4. The maximum absolute atomic E-state index is 13.1. The fraction of sp³-hybridized carbons (Fsp3) is 0.381. The molecule has 0 aliphatic heterocycles. The Bertz CT molecular complexity index is 1320. The van der Waals surface area contributed by atoms with Crippen molar-refractivity contribution in [3.63, 3.8) is 0 Å². The second-order valence-corrected chi connectivity index (χ2v) is 7.15. The Balaban J connectivity index is 1.85. The number of fused-ring (bicyclic) bond motifs is 3. The zero-order valence-corrected chi connectivity index (χ0v) is 17.6. The Labute approximate surface area is 172 Å². The van der Waals surface area contributed by atoms with Crippen LogP contribution < -0.4 is 16.0 Å². The molecule has 4 rings (SSSR count). The van der Waals surface area contributed by atoms with Gasteiger partial charge in [-0.15, -0.1) is 0 Å². The SMILES string of the molecule is CCOCCn1c(=O)c2c(nc3n(Cc4ccc(OC)cc4)c(C)cn23)n(C)c1=O. The molecule has 0 radical (unpaired) electrons. The van der Waals surface area contributed by atoms with E-state index >= 15 is 0 Å². The predicted octanol–water partition coefficient (Wildman–Crippen LogP) is 1.55. The van der Waals surface area contributed by atoms with Gasteiger partial charge in [-0.2, -0.15) is 4.98 Å². The molecule has 4 aromatic rings. The number of hydrogen-bond donors (Lipinski definition) is 0. The van der Waals surface area contributed by atoms with Crippen LogP contribution in [0.25, 0.3) is 16.9 Å². The van der Waals surface area contributed by atoms with E-state index in [4.69, 9.17) is 9.47 Å². The number of methoxy groups -OCH3 is 1. The maximum atomic E-state index is 13.1. The third-order valence-corrected chi connectivity index (χ3v) is 5.30. The number of ether oxygens (including phenoxy) is 2. The van der Waals surface area contributed by atoms with E-state index in [1.165, 1.54) is 9.13 Å². The van der Waals surface area contributed by atoms with E-state index in [-0.39, 0.29) is 12.1 Å². The van der Waals surface area contributed by atoms with E-state index < -0.39 is 5.69 Å². The summed E-state index contributed by atoms with van der Waals surface area (Å²) in [5.41, 5.74) is 2.04. The van der Waals surface area contributed by atoms with Gasteiger partial charge >= 0.3 is 5.69 Å². The monoisotopic (exact) mass is 411 g/mol. The van der Waals surface area contributed by atoms with E-state index in [9.17, 15) is 9.59 Å². The fourth-order valence-corrected chi connectivity index (χ4v) is 3.66. The summed E-state index contributed by atoms with van der Waals surface area (Å²) in [6.45, 7) is 5.47. The second-order valence-electron chi connectivity index (χ2n) is 7.15. The van der Waals surface area contributed by atoms with Gasteiger partial charge in [-0.1, -0.05) is 12.1 Å². The molecule has 0 spiro atoms. The van der Waals surface area contributed by atoms with Gasteiger partial charge in [0.25, 0.3) is 5.56 Å². The molecule has 0 amide bonds. The van der Waals surface area contributed by atoms with E-state index in [2.05, 4.69) is 4.98 Å². The van der Waals surface area contributed by atoms with Crippen LogP contribution in [0.2, 0.25) is 0 Å². The lowest BCUT2D eigenvalue weighted by Gasteiger charge is -2.08. The molecule has 0 aliphatic carbocycles. The first-order chi connectivity index (χ1) is 14.5. The van der Waals surface area contributed by atoms with Gasteiger partial charge in [-0.25, -0.2) is 4.79 Å². The summed E-state index contributed by atoms with van der Waals surface area (Å²) in [6, 6.07) is 7.81. The highest BCUT2D eigenvalue weighted by Crippen LogP contribution is 2.19. The Morgan fingerprint density at radius 2 is 1.83 bits per heavy atom.